The molecule has 0 bridgehead atoms. The van der Waals surface area contributed by atoms with Gasteiger partial charge in [-0.2, -0.15) is 0 Å². The van der Waals surface area contributed by atoms with Gasteiger partial charge in [-0.05, 0) is 31.0 Å². The highest BCUT2D eigenvalue weighted by Crippen LogP contribution is 2.34. The summed E-state index contributed by atoms with van der Waals surface area (Å²) < 4.78 is 0. The van der Waals surface area contributed by atoms with E-state index in [2.05, 4.69) is 68.4 Å². The number of aliphatic hydroxyl groups excluding tert-OH is 1. The van der Waals surface area contributed by atoms with Gasteiger partial charge in [0.25, 0.3) is 0 Å². The first-order chi connectivity index (χ1) is 9.51. The summed E-state index contributed by atoms with van der Waals surface area (Å²) in [6, 6.07) is 11.0. The summed E-state index contributed by atoms with van der Waals surface area (Å²) in [4.78, 5) is 2.20. The molecule has 3 nitrogen and oxygen atoms in total. The number of benzene rings is 1. The van der Waals surface area contributed by atoms with Crippen molar-refractivity contribution in [1.29, 1.82) is 0 Å². The van der Waals surface area contributed by atoms with Crippen molar-refractivity contribution in [3.63, 3.8) is 0 Å². The Morgan fingerprint density at radius 3 is 2.45 bits per heavy atom. The molecule has 0 aliphatic rings. The van der Waals surface area contributed by atoms with Gasteiger partial charge in [-0.3, -0.25) is 0 Å². The predicted octanol–water partition coefficient (Wildman–Crippen LogP) is 2.68. The van der Waals surface area contributed by atoms with Crippen molar-refractivity contribution in [3.05, 3.63) is 35.9 Å². The predicted molar refractivity (Wildman–Crippen MR) is 85.8 cm³/mol. The number of aliphatic hydroxyl groups is 1. The second kappa shape index (κ2) is 8.40. The zero-order valence-corrected chi connectivity index (χ0v) is 13.4. The van der Waals surface area contributed by atoms with Crippen LogP contribution in [0.15, 0.2) is 30.3 Å². The topological polar surface area (TPSA) is 35.5 Å². The average Bonchev–Trinajstić information content (AvgIpc) is 2.39. The van der Waals surface area contributed by atoms with Crippen LogP contribution in [0, 0.1) is 5.41 Å². The lowest BCUT2D eigenvalue weighted by atomic mass is 9.79. The quantitative estimate of drug-likeness (QED) is 0.729. The Morgan fingerprint density at radius 2 is 1.90 bits per heavy atom. The van der Waals surface area contributed by atoms with Crippen LogP contribution in [0.3, 0.4) is 0 Å². The van der Waals surface area contributed by atoms with E-state index >= 15 is 0 Å². The van der Waals surface area contributed by atoms with E-state index < -0.39 is 0 Å². The lowest BCUT2D eigenvalue weighted by Gasteiger charge is -2.38. The highest BCUT2D eigenvalue weighted by molar-refractivity contribution is 5.21. The maximum atomic E-state index is 9.07. The summed E-state index contributed by atoms with van der Waals surface area (Å²) in [5.74, 6) is 0. The number of hydrogen-bond donors (Lipinski definition) is 2. The van der Waals surface area contributed by atoms with E-state index in [4.69, 9.17) is 5.11 Å². The summed E-state index contributed by atoms with van der Waals surface area (Å²) >= 11 is 0. The van der Waals surface area contributed by atoms with Crippen LogP contribution in [0.25, 0.3) is 0 Å². The molecule has 0 heterocycles. The fourth-order valence-electron chi connectivity index (χ4n) is 2.82. The fourth-order valence-corrected chi connectivity index (χ4v) is 2.82. The summed E-state index contributed by atoms with van der Waals surface area (Å²) in [5, 5.41) is 12.8. The van der Waals surface area contributed by atoms with Gasteiger partial charge in [-0.15, -0.1) is 0 Å². The van der Waals surface area contributed by atoms with Gasteiger partial charge < -0.3 is 15.3 Å². The summed E-state index contributed by atoms with van der Waals surface area (Å²) in [6.45, 7) is 9.68. The lowest BCUT2D eigenvalue weighted by Crippen LogP contribution is -2.42. The van der Waals surface area contributed by atoms with Crippen LogP contribution in [0.1, 0.15) is 38.8 Å². The lowest BCUT2D eigenvalue weighted by molar-refractivity contribution is 0.136. The third-order valence-electron chi connectivity index (χ3n) is 3.67. The number of nitrogens with zero attached hydrogens (tertiary/aromatic N) is 1. The van der Waals surface area contributed by atoms with Crippen molar-refractivity contribution >= 4 is 0 Å². The Bertz CT molecular complexity index is 365. The Hall–Kier alpha value is -0.900. The van der Waals surface area contributed by atoms with Gasteiger partial charge in [0.1, 0.15) is 0 Å². The molecular weight excluding hydrogens is 248 g/mol. The molecule has 1 unspecified atom stereocenters. The molecule has 0 spiro atoms. The van der Waals surface area contributed by atoms with Crippen LogP contribution in [0.2, 0.25) is 0 Å². The molecule has 1 atom stereocenters. The van der Waals surface area contributed by atoms with Gasteiger partial charge in [-0.25, -0.2) is 0 Å². The number of rotatable bonds is 9. The van der Waals surface area contributed by atoms with E-state index in [1.165, 1.54) is 5.56 Å². The van der Waals surface area contributed by atoms with Crippen LogP contribution >= 0.6 is 0 Å². The van der Waals surface area contributed by atoms with Crippen molar-refractivity contribution in [2.45, 2.75) is 33.2 Å². The number of nitrogens with one attached hydrogen (secondary N) is 1. The SMILES string of the molecule is CCCNC(c1ccccc1)C(C)(C)CN(C)CCO. The molecule has 0 saturated carbocycles. The minimum atomic E-state index is 0.0977. The Kier molecular flexibility index (Phi) is 7.20. The Labute approximate surface area is 124 Å². The van der Waals surface area contributed by atoms with E-state index in [1.807, 2.05) is 0 Å². The number of hydrogen-bond acceptors (Lipinski definition) is 3. The first kappa shape index (κ1) is 17.2. The molecule has 0 aliphatic carbocycles. The highest BCUT2D eigenvalue weighted by atomic mass is 16.3. The van der Waals surface area contributed by atoms with Gasteiger partial charge in [0.2, 0.25) is 0 Å². The second-order valence-corrected chi connectivity index (χ2v) is 6.25. The zero-order valence-electron chi connectivity index (χ0n) is 13.4. The van der Waals surface area contributed by atoms with E-state index in [0.29, 0.717) is 6.04 Å². The standard InChI is InChI=1S/C17H30N2O/c1-5-11-18-16(15-9-7-6-8-10-15)17(2,3)14-19(4)12-13-20/h6-10,16,18,20H,5,11-14H2,1-4H3. The van der Waals surface area contributed by atoms with Crippen molar-refractivity contribution in [2.75, 3.05) is 33.3 Å². The first-order valence-electron chi connectivity index (χ1n) is 7.59. The normalized spacial score (nSPS) is 13.7. The third-order valence-corrected chi connectivity index (χ3v) is 3.67. The Balaban J connectivity index is 2.85. The van der Waals surface area contributed by atoms with Crippen molar-refractivity contribution in [3.8, 4) is 0 Å². The molecule has 0 saturated heterocycles. The fraction of sp³-hybridized carbons (Fsp3) is 0.647. The molecule has 1 aromatic carbocycles. The molecule has 2 N–H and O–H groups in total. The van der Waals surface area contributed by atoms with Crippen LogP contribution < -0.4 is 5.32 Å². The smallest absolute Gasteiger partial charge is 0.0558 e. The van der Waals surface area contributed by atoms with Gasteiger partial charge in [-0.1, -0.05) is 51.1 Å². The minimum absolute atomic E-state index is 0.0977. The summed E-state index contributed by atoms with van der Waals surface area (Å²) in [7, 11) is 2.07. The van der Waals surface area contributed by atoms with Crippen molar-refractivity contribution in [1.82, 2.24) is 10.2 Å². The van der Waals surface area contributed by atoms with E-state index in [-0.39, 0.29) is 12.0 Å². The summed E-state index contributed by atoms with van der Waals surface area (Å²) in [6.07, 6.45) is 1.13. The Morgan fingerprint density at radius 1 is 1.25 bits per heavy atom. The van der Waals surface area contributed by atoms with E-state index in [9.17, 15) is 0 Å². The average molecular weight is 278 g/mol. The summed E-state index contributed by atoms with van der Waals surface area (Å²) in [5.41, 5.74) is 1.43. The highest BCUT2D eigenvalue weighted by Gasteiger charge is 2.31. The molecule has 0 aromatic heterocycles. The van der Waals surface area contributed by atoms with E-state index in [0.717, 1.165) is 26.1 Å². The molecule has 1 aromatic rings. The molecule has 114 valence electrons. The maximum absolute atomic E-state index is 9.07. The van der Waals surface area contributed by atoms with Gasteiger partial charge in [0, 0.05) is 19.1 Å². The molecular formula is C17H30N2O. The van der Waals surface area contributed by atoms with E-state index in [1.54, 1.807) is 0 Å². The molecule has 0 amide bonds. The van der Waals surface area contributed by atoms with Crippen molar-refractivity contribution < 1.29 is 5.11 Å². The maximum Gasteiger partial charge on any atom is 0.0558 e. The molecule has 20 heavy (non-hydrogen) atoms. The molecule has 1 rings (SSSR count). The zero-order chi connectivity index (χ0) is 15.0. The largest absolute Gasteiger partial charge is 0.395 e. The molecule has 0 aliphatic heterocycles. The second-order valence-electron chi connectivity index (χ2n) is 6.25. The molecule has 0 radical (unpaired) electrons. The van der Waals surface area contributed by atoms with Crippen molar-refractivity contribution in [2.24, 2.45) is 5.41 Å². The van der Waals surface area contributed by atoms with Gasteiger partial charge in [0.05, 0.1) is 6.61 Å². The van der Waals surface area contributed by atoms with Gasteiger partial charge >= 0.3 is 0 Å². The number of likely N-dealkylation sites (N-methyl/N-ethyl adjacent to an activating group) is 1. The van der Waals surface area contributed by atoms with Crippen LogP contribution in [-0.4, -0.2) is 43.3 Å². The first-order valence-corrected chi connectivity index (χ1v) is 7.59. The minimum Gasteiger partial charge on any atom is -0.395 e. The van der Waals surface area contributed by atoms with Crippen LogP contribution in [-0.2, 0) is 0 Å². The van der Waals surface area contributed by atoms with Gasteiger partial charge in [0.15, 0.2) is 0 Å². The van der Waals surface area contributed by atoms with Crippen LogP contribution in [0.4, 0.5) is 0 Å². The molecule has 3 heteroatoms. The van der Waals surface area contributed by atoms with Crippen LogP contribution in [0.5, 0.6) is 0 Å². The monoisotopic (exact) mass is 278 g/mol. The third kappa shape index (κ3) is 5.23. The molecule has 0 fully saturated rings.